The lowest BCUT2D eigenvalue weighted by atomic mass is 10.0. The molecule has 17 heavy (non-hydrogen) atoms. The molecule has 1 N–H and O–H groups in total. The summed E-state index contributed by atoms with van der Waals surface area (Å²) in [5.41, 5.74) is 2.15. The van der Waals surface area contributed by atoms with E-state index >= 15 is 0 Å². The van der Waals surface area contributed by atoms with Crippen LogP contribution >= 0.6 is 0 Å². The van der Waals surface area contributed by atoms with E-state index in [0.29, 0.717) is 0 Å². The van der Waals surface area contributed by atoms with Crippen molar-refractivity contribution in [3.8, 4) is 0 Å². The van der Waals surface area contributed by atoms with E-state index in [1.165, 1.54) is 5.39 Å². The zero-order valence-electron chi connectivity index (χ0n) is 9.35. The maximum atomic E-state index is 3.43. The highest BCUT2D eigenvalue weighted by Gasteiger charge is 2.01. The Bertz CT molecular complexity index is 633. The number of fused-ring (bicyclic) bond motifs is 1. The van der Waals surface area contributed by atoms with Gasteiger partial charge in [0.05, 0.1) is 0 Å². The summed E-state index contributed by atoms with van der Waals surface area (Å²) in [6, 6.07) is 15.9. The fourth-order valence-corrected chi connectivity index (χ4v) is 1.90. The molecule has 0 spiro atoms. The first-order valence-electron chi connectivity index (χ1n) is 5.65. The van der Waals surface area contributed by atoms with Crippen molar-refractivity contribution >= 4 is 16.5 Å². The summed E-state index contributed by atoms with van der Waals surface area (Å²) in [6.45, 7) is 0. The Morgan fingerprint density at radius 3 is 2.82 bits per heavy atom. The molecular formula is C16H12N. The van der Waals surface area contributed by atoms with Gasteiger partial charge in [0, 0.05) is 23.5 Å². The molecule has 1 radical (unpaired) electrons. The predicted molar refractivity (Wildman–Crippen MR) is 72.2 cm³/mol. The van der Waals surface area contributed by atoms with Gasteiger partial charge in [0.1, 0.15) is 0 Å². The molecule has 0 aliphatic carbocycles. The molecule has 2 aromatic rings. The number of hydrogen-bond donors (Lipinski definition) is 1. The van der Waals surface area contributed by atoms with Crippen LogP contribution in [0.4, 0.5) is 0 Å². The van der Waals surface area contributed by atoms with Crippen LogP contribution in [0.3, 0.4) is 0 Å². The van der Waals surface area contributed by atoms with Crippen molar-refractivity contribution in [1.29, 1.82) is 0 Å². The monoisotopic (exact) mass is 218 g/mol. The fourth-order valence-electron chi connectivity index (χ4n) is 1.90. The van der Waals surface area contributed by atoms with Crippen LogP contribution in [-0.2, 0) is 0 Å². The van der Waals surface area contributed by atoms with Gasteiger partial charge in [-0.15, -0.1) is 0 Å². The van der Waals surface area contributed by atoms with Crippen molar-refractivity contribution in [2.75, 3.05) is 0 Å². The Morgan fingerprint density at radius 2 is 1.82 bits per heavy atom. The second-order valence-electron chi connectivity index (χ2n) is 3.93. The molecule has 0 saturated heterocycles. The average Bonchev–Trinajstić information content (AvgIpc) is 2.67. The molecule has 0 fully saturated rings. The minimum atomic E-state index is 1.07. The van der Waals surface area contributed by atoms with Gasteiger partial charge in [-0.1, -0.05) is 48.6 Å². The Hall–Kier alpha value is -2.28. The number of nitrogens with one attached hydrogen (secondary N) is 1. The van der Waals surface area contributed by atoms with E-state index in [1.54, 1.807) is 0 Å². The zero-order valence-corrected chi connectivity index (χ0v) is 9.35. The van der Waals surface area contributed by atoms with Gasteiger partial charge in [-0.2, -0.15) is 0 Å². The van der Waals surface area contributed by atoms with E-state index in [2.05, 4.69) is 41.7 Å². The third-order valence-electron chi connectivity index (χ3n) is 2.77. The molecular weight excluding hydrogens is 206 g/mol. The van der Waals surface area contributed by atoms with Crippen molar-refractivity contribution in [2.24, 2.45) is 0 Å². The SMILES string of the molecule is [c]1c(C2=CC=CC=CN2)ccc2ccccc12. The van der Waals surface area contributed by atoms with Crippen LogP contribution in [0, 0.1) is 6.07 Å². The largest absolute Gasteiger partial charge is 0.361 e. The summed E-state index contributed by atoms with van der Waals surface area (Å²) in [5.74, 6) is 0. The highest BCUT2D eigenvalue weighted by atomic mass is 14.8. The van der Waals surface area contributed by atoms with Gasteiger partial charge in [0.25, 0.3) is 0 Å². The van der Waals surface area contributed by atoms with Crippen LogP contribution < -0.4 is 5.32 Å². The molecule has 1 heterocycles. The Balaban J connectivity index is 2.09. The molecule has 0 amide bonds. The van der Waals surface area contributed by atoms with Gasteiger partial charge in [-0.05, 0) is 22.9 Å². The number of benzene rings is 2. The van der Waals surface area contributed by atoms with Crippen LogP contribution in [-0.4, -0.2) is 0 Å². The van der Waals surface area contributed by atoms with Gasteiger partial charge in [0.15, 0.2) is 0 Å². The van der Waals surface area contributed by atoms with Gasteiger partial charge in [-0.25, -0.2) is 0 Å². The van der Waals surface area contributed by atoms with Crippen LogP contribution in [0.5, 0.6) is 0 Å². The van der Waals surface area contributed by atoms with E-state index in [1.807, 2.05) is 36.6 Å². The normalized spacial score (nSPS) is 14.2. The number of allylic oxidation sites excluding steroid dienone is 4. The lowest BCUT2D eigenvalue weighted by Crippen LogP contribution is -2.02. The van der Waals surface area contributed by atoms with Crippen LogP contribution in [0.25, 0.3) is 16.5 Å². The molecule has 0 atom stereocenters. The van der Waals surface area contributed by atoms with Crippen LogP contribution in [0.2, 0.25) is 0 Å². The van der Waals surface area contributed by atoms with Gasteiger partial charge >= 0.3 is 0 Å². The van der Waals surface area contributed by atoms with E-state index in [-0.39, 0.29) is 0 Å². The Morgan fingerprint density at radius 1 is 0.882 bits per heavy atom. The molecule has 0 bridgehead atoms. The smallest absolute Gasteiger partial charge is 0.0459 e. The van der Waals surface area contributed by atoms with Crippen molar-refractivity contribution in [2.45, 2.75) is 0 Å². The van der Waals surface area contributed by atoms with Crippen LogP contribution in [0.15, 0.2) is 66.9 Å². The molecule has 0 unspecified atom stereocenters. The van der Waals surface area contributed by atoms with Gasteiger partial charge < -0.3 is 5.32 Å². The third-order valence-corrected chi connectivity index (χ3v) is 2.77. The van der Waals surface area contributed by atoms with E-state index in [4.69, 9.17) is 0 Å². The summed E-state index contributed by atoms with van der Waals surface area (Å²) in [5, 5.41) is 5.61. The van der Waals surface area contributed by atoms with Crippen molar-refractivity contribution in [1.82, 2.24) is 5.32 Å². The van der Waals surface area contributed by atoms with Crippen molar-refractivity contribution in [3.05, 3.63) is 78.5 Å². The Labute approximate surface area is 101 Å². The zero-order chi connectivity index (χ0) is 11.5. The summed E-state index contributed by atoms with van der Waals surface area (Å²) < 4.78 is 0. The van der Waals surface area contributed by atoms with E-state index < -0.39 is 0 Å². The molecule has 1 aliphatic heterocycles. The van der Waals surface area contributed by atoms with E-state index in [9.17, 15) is 0 Å². The second kappa shape index (κ2) is 4.30. The molecule has 0 saturated carbocycles. The number of hydrogen-bond acceptors (Lipinski definition) is 1. The lowest BCUT2D eigenvalue weighted by Gasteiger charge is -2.07. The summed E-state index contributed by atoms with van der Waals surface area (Å²) in [7, 11) is 0. The molecule has 3 rings (SSSR count). The minimum absolute atomic E-state index is 1.07. The average molecular weight is 218 g/mol. The predicted octanol–water partition coefficient (Wildman–Crippen LogP) is 3.65. The minimum Gasteiger partial charge on any atom is -0.361 e. The highest BCUT2D eigenvalue weighted by Crippen LogP contribution is 2.19. The molecule has 0 aromatic heterocycles. The fraction of sp³-hybridized carbons (Fsp3) is 0. The van der Waals surface area contributed by atoms with Crippen molar-refractivity contribution in [3.63, 3.8) is 0 Å². The first-order chi connectivity index (χ1) is 8.43. The van der Waals surface area contributed by atoms with Gasteiger partial charge in [-0.3, -0.25) is 0 Å². The third kappa shape index (κ3) is 2.00. The highest BCUT2D eigenvalue weighted by molar-refractivity contribution is 5.85. The van der Waals surface area contributed by atoms with Crippen LogP contribution in [0.1, 0.15) is 5.56 Å². The molecule has 1 nitrogen and oxygen atoms in total. The van der Waals surface area contributed by atoms with Gasteiger partial charge in [0.2, 0.25) is 0 Å². The second-order valence-corrected chi connectivity index (χ2v) is 3.93. The van der Waals surface area contributed by atoms with E-state index in [0.717, 1.165) is 16.6 Å². The summed E-state index contributed by atoms with van der Waals surface area (Å²) in [4.78, 5) is 0. The quantitative estimate of drug-likeness (QED) is 0.770. The summed E-state index contributed by atoms with van der Waals surface area (Å²) in [6.07, 6.45) is 9.99. The topological polar surface area (TPSA) is 12.0 Å². The lowest BCUT2D eigenvalue weighted by molar-refractivity contribution is 1.22. The first kappa shape index (κ1) is 9.91. The maximum absolute atomic E-state index is 3.43. The molecule has 2 aromatic carbocycles. The molecule has 81 valence electrons. The van der Waals surface area contributed by atoms with Crippen molar-refractivity contribution < 1.29 is 0 Å². The molecule has 1 aliphatic rings. The first-order valence-corrected chi connectivity index (χ1v) is 5.65. The summed E-state index contributed by atoms with van der Waals surface area (Å²) >= 11 is 0. The number of rotatable bonds is 1. The molecule has 1 heteroatoms. The maximum Gasteiger partial charge on any atom is 0.0459 e. The standard InChI is InChI=1S/C16H12N/c1-2-8-16(17-11-5-1)15-10-9-13-6-3-4-7-14(13)12-15/h1-11,17H. The Kier molecular flexibility index (Phi) is 2.51.